The first kappa shape index (κ1) is 14.7. The van der Waals surface area contributed by atoms with Gasteiger partial charge >= 0.3 is 0 Å². The zero-order valence-corrected chi connectivity index (χ0v) is 12.0. The van der Waals surface area contributed by atoms with Gasteiger partial charge in [0.2, 0.25) is 0 Å². The highest BCUT2D eigenvalue weighted by Gasteiger charge is 2.22. The molecule has 20 heavy (non-hydrogen) atoms. The van der Waals surface area contributed by atoms with Crippen LogP contribution in [-0.4, -0.2) is 16.3 Å². The Morgan fingerprint density at radius 1 is 1.35 bits per heavy atom. The average molecular weight is 279 g/mol. The van der Waals surface area contributed by atoms with Crippen molar-refractivity contribution in [1.82, 2.24) is 15.1 Å². The molecule has 2 rings (SSSR count). The maximum absolute atomic E-state index is 14.1. The van der Waals surface area contributed by atoms with Crippen molar-refractivity contribution in [3.05, 3.63) is 52.9 Å². The Morgan fingerprint density at radius 2 is 2.10 bits per heavy atom. The van der Waals surface area contributed by atoms with Gasteiger partial charge in [-0.2, -0.15) is 5.10 Å². The lowest BCUT2D eigenvalue weighted by Gasteiger charge is -2.20. The predicted octanol–water partition coefficient (Wildman–Crippen LogP) is 3.10. The van der Waals surface area contributed by atoms with Crippen molar-refractivity contribution < 1.29 is 8.78 Å². The number of nitrogens with one attached hydrogen (secondary N) is 1. The number of hydrogen-bond acceptors (Lipinski definition) is 2. The quantitative estimate of drug-likeness (QED) is 0.911. The summed E-state index contributed by atoms with van der Waals surface area (Å²) >= 11 is 0. The molecular weight excluding hydrogens is 260 g/mol. The second kappa shape index (κ2) is 6.13. The molecule has 1 N–H and O–H groups in total. The van der Waals surface area contributed by atoms with Crippen LogP contribution in [0.15, 0.2) is 24.3 Å². The van der Waals surface area contributed by atoms with Gasteiger partial charge in [0.15, 0.2) is 11.6 Å². The third-order valence-electron chi connectivity index (χ3n) is 3.22. The van der Waals surface area contributed by atoms with Crippen molar-refractivity contribution in [1.29, 1.82) is 0 Å². The summed E-state index contributed by atoms with van der Waals surface area (Å²) in [5.41, 5.74) is 1.98. The molecule has 1 atom stereocenters. The average Bonchev–Trinajstić information content (AvgIpc) is 2.74. The van der Waals surface area contributed by atoms with Crippen LogP contribution < -0.4 is 5.32 Å². The van der Waals surface area contributed by atoms with Gasteiger partial charge in [-0.15, -0.1) is 0 Å². The summed E-state index contributed by atoms with van der Waals surface area (Å²) in [7, 11) is 1.81. The van der Waals surface area contributed by atoms with E-state index in [9.17, 15) is 8.78 Å². The van der Waals surface area contributed by atoms with Gasteiger partial charge in [0, 0.05) is 12.6 Å². The molecule has 1 aromatic heterocycles. The third-order valence-corrected chi connectivity index (χ3v) is 3.22. The van der Waals surface area contributed by atoms with Gasteiger partial charge in [0.05, 0.1) is 17.4 Å². The molecular formula is C15H19F2N3. The Labute approximate surface area is 117 Å². The minimum atomic E-state index is -0.829. The number of halogens is 2. The van der Waals surface area contributed by atoms with Crippen molar-refractivity contribution in [2.75, 3.05) is 6.54 Å². The molecule has 0 aliphatic rings. The van der Waals surface area contributed by atoms with Crippen molar-refractivity contribution in [3.8, 4) is 0 Å². The molecule has 0 bridgehead atoms. The van der Waals surface area contributed by atoms with E-state index in [-0.39, 0.29) is 0 Å². The second-order valence-corrected chi connectivity index (χ2v) is 4.86. The standard InChI is InChI=1S/C15H19F2N3/c1-4-8-18-15(13-9-10(2)19-20(13)3)11-6-5-7-12(16)14(11)17/h5-7,9,15,18H,4,8H2,1-3H3. The van der Waals surface area contributed by atoms with Crippen LogP contribution in [0.5, 0.6) is 0 Å². The van der Waals surface area contributed by atoms with Crippen LogP contribution in [-0.2, 0) is 7.05 Å². The minimum Gasteiger partial charge on any atom is -0.305 e. The Morgan fingerprint density at radius 3 is 2.70 bits per heavy atom. The van der Waals surface area contributed by atoms with E-state index in [0.29, 0.717) is 12.1 Å². The Hall–Kier alpha value is -1.75. The normalized spacial score (nSPS) is 12.7. The predicted molar refractivity (Wildman–Crippen MR) is 74.4 cm³/mol. The van der Waals surface area contributed by atoms with Crippen molar-refractivity contribution in [2.45, 2.75) is 26.3 Å². The van der Waals surface area contributed by atoms with Gasteiger partial charge in [0.1, 0.15) is 0 Å². The van der Waals surface area contributed by atoms with Gasteiger partial charge in [-0.25, -0.2) is 8.78 Å². The van der Waals surface area contributed by atoms with E-state index in [2.05, 4.69) is 10.4 Å². The van der Waals surface area contributed by atoms with Crippen LogP contribution in [0.1, 0.15) is 36.3 Å². The molecule has 0 spiro atoms. The molecule has 3 nitrogen and oxygen atoms in total. The van der Waals surface area contributed by atoms with Gasteiger partial charge < -0.3 is 5.32 Å². The van der Waals surface area contributed by atoms with E-state index in [1.165, 1.54) is 6.07 Å². The molecule has 0 fully saturated rings. The molecule has 5 heteroatoms. The summed E-state index contributed by atoms with van der Waals surface area (Å²) < 4.78 is 29.2. The van der Waals surface area contributed by atoms with Crippen molar-refractivity contribution in [3.63, 3.8) is 0 Å². The molecule has 1 aromatic carbocycles. The van der Waals surface area contributed by atoms with E-state index in [1.807, 2.05) is 19.9 Å². The Bertz CT molecular complexity index is 593. The Kier molecular flexibility index (Phi) is 4.49. The fourth-order valence-electron chi connectivity index (χ4n) is 2.31. The van der Waals surface area contributed by atoms with E-state index < -0.39 is 17.7 Å². The molecule has 1 unspecified atom stereocenters. The number of benzene rings is 1. The van der Waals surface area contributed by atoms with Crippen LogP contribution in [0, 0.1) is 18.6 Å². The second-order valence-electron chi connectivity index (χ2n) is 4.86. The number of rotatable bonds is 5. The lowest BCUT2D eigenvalue weighted by atomic mass is 10.0. The van der Waals surface area contributed by atoms with E-state index in [0.717, 1.165) is 23.9 Å². The highest BCUT2D eigenvalue weighted by atomic mass is 19.2. The summed E-state index contributed by atoms with van der Waals surface area (Å²) in [4.78, 5) is 0. The van der Waals surface area contributed by atoms with Gasteiger partial charge in [-0.3, -0.25) is 4.68 Å². The zero-order chi connectivity index (χ0) is 14.7. The summed E-state index contributed by atoms with van der Waals surface area (Å²) in [5.74, 6) is -1.63. The Balaban J connectivity index is 2.47. The first-order chi connectivity index (χ1) is 9.54. The molecule has 1 heterocycles. The summed E-state index contributed by atoms with van der Waals surface area (Å²) in [6, 6.07) is 5.74. The minimum absolute atomic E-state index is 0.307. The van der Waals surface area contributed by atoms with Crippen LogP contribution >= 0.6 is 0 Å². The fourth-order valence-corrected chi connectivity index (χ4v) is 2.31. The largest absolute Gasteiger partial charge is 0.305 e. The zero-order valence-electron chi connectivity index (χ0n) is 12.0. The maximum atomic E-state index is 14.1. The number of nitrogens with zero attached hydrogens (tertiary/aromatic N) is 2. The lowest BCUT2D eigenvalue weighted by Crippen LogP contribution is -2.26. The van der Waals surface area contributed by atoms with E-state index in [4.69, 9.17) is 0 Å². The summed E-state index contributed by atoms with van der Waals surface area (Å²) in [5, 5.41) is 7.53. The SMILES string of the molecule is CCCNC(c1cccc(F)c1F)c1cc(C)nn1C. The first-order valence-electron chi connectivity index (χ1n) is 6.72. The summed E-state index contributed by atoms with van der Waals surface area (Å²) in [6.07, 6.45) is 0.907. The fraction of sp³-hybridized carbons (Fsp3) is 0.400. The van der Waals surface area contributed by atoms with E-state index in [1.54, 1.807) is 17.8 Å². The number of aromatic nitrogens is 2. The molecule has 0 radical (unpaired) electrons. The highest BCUT2D eigenvalue weighted by molar-refractivity contribution is 5.30. The van der Waals surface area contributed by atoms with Gasteiger partial charge in [-0.05, 0) is 32.0 Å². The molecule has 2 aromatic rings. The molecule has 0 saturated carbocycles. The van der Waals surface area contributed by atoms with Crippen LogP contribution in [0.4, 0.5) is 8.78 Å². The topological polar surface area (TPSA) is 29.9 Å². The van der Waals surface area contributed by atoms with Crippen LogP contribution in [0.25, 0.3) is 0 Å². The maximum Gasteiger partial charge on any atom is 0.163 e. The molecule has 0 aliphatic carbocycles. The first-order valence-corrected chi connectivity index (χ1v) is 6.72. The van der Waals surface area contributed by atoms with E-state index >= 15 is 0 Å². The summed E-state index contributed by atoms with van der Waals surface area (Å²) in [6.45, 7) is 4.62. The molecule has 0 amide bonds. The number of hydrogen-bond donors (Lipinski definition) is 1. The van der Waals surface area contributed by atoms with Crippen LogP contribution in [0.3, 0.4) is 0 Å². The van der Waals surface area contributed by atoms with Gasteiger partial charge in [0.25, 0.3) is 0 Å². The number of aryl methyl sites for hydroxylation is 2. The lowest BCUT2D eigenvalue weighted by molar-refractivity contribution is 0.472. The molecule has 0 aliphatic heterocycles. The highest BCUT2D eigenvalue weighted by Crippen LogP contribution is 2.26. The van der Waals surface area contributed by atoms with Crippen LogP contribution in [0.2, 0.25) is 0 Å². The third kappa shape index (κ3) is 2.88. The molecule has 0 saturated heterocycles. The molecule has 108 valence electrons. The van der Waals surface area contributed by atoms with Crippen molar-refractivity contribution >= 4 is 0 Å². The van der Waals surface area contributed by atoms with Gasteiger partial charge in [-0.1, -0.05) is 19.1 Å². The van der Waals surface area contributed by atoms with Crippen molar-refractivity contribution in [2.24, 2.45) is 7.05 Å². The monoisotopic (exact) mass is 279 g/mol. The smallest absolute Gasteiger partial charge is 0.163 e.